The first kappa shape index (κ1) is 12.1. The van der Waals surface area contributed by atoms with Gasteiger partial charge in [-0.1, -0.05) is 11.6 Å². The minimum absolute atomic E-state index is 0.537. The second-order valence-corrected chi connectivity index (χ2v) is 7.37. The molecule has 0 bridgehead atoms. The van der Waals surface area contributed by atoms with Gasteiger partial charge in [0, 0.05) is 47.6 Å². The molecule has 1 aromatic heterocycles. The van der Waals surface area contributed by atoms with E-state index in [0.717, 1.165) is 23.8 Å². The molecule has 1 aromatic rings. The highest BCUT2D eigenvalue weighted by atomic mass is 35.5. The highest BCUT2D eigenvalue weighted by molar-refractivity contribution is 7.16. The van der Waals surface area contributed by atoms with E-state index in [1.807, 2.05) is 6.07 Å². The summed E-state index contributed by atoms with van der Waals surface area (Å²) in [5, 5.41) is 3.51. The lowest BCUT2D eigenvalue weighted by Gasteiger charge is -2.34. The highest BCUT2D eigenvalue weighted by Gasteiger charge is 2.39. The fourth-order valence-electron chi connectivity index (χ4n) is 3.74. The fourth-order valence-corrected chi connectivity index (χ4v) is 5.01. The maximum Gasteiger partial charge on any atom is 0.0931 e. The van der Waals surface area contributed by atoms with Gasteiger partial charge in [0.15, 0.2) is 0 Å². The molecule has 1 fully saturated rings. The summed E-state index contributed by atoms with van der Waals surface area (Å²) < 4.78 is 0.906. The SMILES string of the molecule is Clc1ccc(C2C3=C(CCNC3)N=C3CCCC32)s1. The summed E-state index contributed by atoms with van der Waals surface area (Å²) in [6.07, 6.45) is 4.87. The van der Waals surface area contributed by atoms with E-state index in [-0.39, 0.29) is 0 Å². The maximum absolute atomic E-state index is 6.15. The number of hydrogen-bond donors (Lipinski definition) is 1. The van der Waals surface area contributed by atoms with E-state index in [0.29, 0.717) is 11.8 Å². The zero-order valence-corrected chi connectivity index (χ0v) is 12.4. The quantitative estimate of drug-likeness (QED) is 0.832. The van der Waals surface area contributed by atoms with Crippen molar-refractivity contribution in [3.8, 4) is 0 Å². The van der Waals surface area contributed by atoms with Crippen LogP contribution in [0.15, 0.2) is 28.4 Å². The van der Waals surface area contributed by atoms with Gasteiger partial charge in [-0.15, -0.1) is 11.3 Å². The Balaban J connectivity index is 1.82. The number of hydrogen-bond acceptors (Lipinski definition) is 3. The van der Waals surface area contributed by atoms with Crippen LogP contribution in [-0.4, -0.2) is 18.8 Å². The summed E-state index contributed by atoms with van der Waals surface area (Å²) >= 11 is 7.90. The number of rotatable bonds is 1. The van der Waals surface area contributed by atoms with E-state index in [1.54, 1.807) is 11.3 Å². The summed E-state index contributed by atoms with van der Waals surface area (Å²) in [5.41, 5.74) is 4.34. The molecule has 1 saturated carbocycles. The number of nitrogens with one attached hydrogen (secondary N) is 1. The van der Waals surface area contributed by atoms with Gasteiger partial charge in [0.05, 0.1) is 4.34 Å². The summed E-state index contributed by atoms with van der Waals surface area (Å²) in [7, 11) is 0. The Morgan fingerprint density at radius 2 is 2.26 bits per heavy atom. The van der Waals surface area contributed by atoms with Crippen molar-refractivity contribution in [3.63, 3.8) is 0 Å². The molecule has 0 aromatic carbocycles. The molecule has 0 saturated heterocycles. The van der Waals surface area contributed by atoms with Gasteiger partial charge in [-0.25, -0.2) is 0 Å². The molecule has 2 unspecified atom stereocenters. The first-order valence-electron chi connectivity index (χ1n) is 7.08. The van der Waals surface area contributed by atoms with Crippen LogP contribution in [0.25, 0.3) is 0 Å². The van der Waals surface area contributed by atoms with E-state index in [2.05, 4.69) is 11.4 Å². The lowest BCUT2D eigenvalue weighted by atomic mass is 9.78. The molecule has 4 rings (SSSR count). The molecular weight excluding hydrogens is 276 g/mol. The smallest absolute Gasteiger partial charge is 0.0931 e. The monoisotopic (exact) mass is 292 g/mol. The molecule has 100 valence electrons. The van der Waals surface area contributed by atoms with Crippen LogP contribution in [0.2, 0.25) is 4.34 Å². The van der Waals surface area contributed by atoms with Crippen molar-refractivity contribution in [3.05, 3.63) is 32.6 Å². The molecular formula is C15H17ClN2S. The van der Waals surface area contributed by atoms with Crippen LogP contribution in [0.1, 0.15) is 36.5 Å². The third kappa shape index (κ3) is 1.99. The Kier molecular flexibility index (Phi) is 3.02. The first-order chi connectivity index (χ1) is 9.33. The molecule has 0 spiro atoms. The predicted molar refractivity (Wildman–Crippen MR) is 81.4 cm³/mol. The van der Waals surface area contributed by atoms with Crippen molar-refractivity contribution in [2.24, 2.45) is 10.9 Å². The highest BCUT2D eigenvalue weighted by Crippen LogP contribution is 2.47. The molecule has 1 N–H and O–H groups in total. The molecule has 19 heavy (non-hydrogen) atoms. The summed E-state index contributed by atoms with van der Waals surface area (Å²) in [4.78, 5) is 6.41. The van der Waals surface area contributed by atoms with Crippen LogP contribution in [-0.2, 0) is 0 Å². The van der Waals surface area contributed by atoms with Gasteiger partial charge in [-0.3, -0.25) is 4.99 Å². The average Bonchev–Trinajstić information content (AvgIpc) is 3.04. The summed E-state index contributed by atoms with van der Waals surface area (Å²) in [6.45, 7) is 2.07. The van der Waals surface area contributed by atoms with Crippen molar-refractivity contribution < 1.29 is 0 Å². The van der Waals surface area contributed by atoms with Crippen LogP contribution in [0, 0.1) is 5.92 Å². The van der Waals surface area contributed by atoms with Crippen molar-refractivity contribution in [1.82, 2.24) is 5.32 Å². The summed E-state index contributed by atoms with van der Waals surface area (Å²) in [6, 6.07) is 4.26. The van der Waals surface area contributed by atoms with Crippen molar-refractivity contribution >= 4 is 28.6 Å². The van der Waals surface area contributed by atoms with Gasteiger partial charge in [-0.05, 0) is 37.0 Å². The van der Waals surface area contributed by atoms with Gasteiger partial charge in [0.25, 0.3) is 0 Å². The standard InChI is InChI=1S/C15H17ClN2S/c16-14-5-4-13(19-14)15-9-2-1-3-11(9)18-12-6-7-17-8-10(12)15/h4-5,9,15,17H,1-3,6-8H2. The second-order valence-electron chi connectivity index (χ2n) is 5.62. The van der Waals surface area contributed by atoms with Gasteiger partial charge < -0.3 is 5.32 Å². The minimum Gasteiger partial charge on any atom is -0.313 e. The third-order valence-electron chi connectivity index (χ3n) is 4.56. The van der Waals surface area contributed by atoms with Gasteiger partial charge in [0.2, 0.25) is 0 Å². The van der Waals surface area contributed by atoms with E-state index in [4.69, 9.17) is 16.6 Å². The third-order valence-corrected chi connectivity index (χ3v) is 5.87. The average molecular weight is 293 g/mol. The minimum atomic E-state index is 0.537. The number of aliphatic imine (C=N–C) groups is 1. The van der Waals surface area contributed by atoms with Crippen molar-refractivity contribution in [2.45, 2.75) is 31.6 Å². The molecule has 2 atom stereocenters. The molecule has 2 nitrogen and oxygen atoms in total. The molecule has 0 amide bonds. The van der Waals surface area contributed by atoms with Gasteiger partial charge in [-0.2, -0.15) is 0 Å². The lowest BCUT2D eigenvalue weighted by molar-refractivity contribution is 0.527. The zero-order chi connectivity index (χ0) is 12.8. The Hall–Kier alpha value is -0.640. The predicted octanol–water partition coefficient (Wildman–Crippen LogP) is 3.99. The van der Waals surface area contributed by atoms with Gasteiger partial charge >= 0.3 is 0 Å². The number of thiophene rings is 1. The van der Waals surface area contributed by atoms with E-state index >= 15 is 0 Å². The van der Waals surface area contributed by atoms with E-state index < -0.39 is 0 Å². The zero-order valence-electron chi connectivity index (χ0n) is 10.8. The number of halogens is 1. The normalized spacial score (nSPS) is 30.1. The lowest BCUT2D eigenvalue weighted by Crippen LogP contribution is -2.33. The Labute approximate surface area is 122 Å². The Morgan fingerprint density at radius 1 is 1.32 bits per heavy atom. The van der Waals surface area contributed by atoms with Crippen LogP contribution in [0.4, 0.5) is 0 Å². The Morgan fingerprint density at radius 3 is 3.11 bits per heavy atom. The molecule has 3 aliphatic rings. The van der Waals surface area contributed by atoms with Crippen LogP contribution < -0.4 is 5.32 Å². The van der Waals surface area contributed by atoms with Crippen LogP contribution in [0.5, 0.6) is 0 Å². The second kappa shape index (κ2) is 4.72. The molecule has 3 heterocycles. The van der Waals surface area contributed by atoms with Crippen LogP contribution >= 0.6 is 22.9 Å². The van der Waals surface area contributed by atoms with Gasteiger partial charge in [0.1, 0.15) is 0 Å². The van der Waals surface area contributed by atoms with Crippen molar-refractivity contribution in [1.29, 1.82) is 0 Å². The fraction of sp³-hybridized carbons (Fsp3) is 0.533. The molecule has 4 heteroatoms. The molecule has 1 aliphatic carbocycles. The molecule has 0 radical (unpaired) electrons. The Bertz CT molecular complexity index is 572. The number of nitrogens with zero attached hydrogens (tertiary/aromatic N) is 1. The molecule has 2 aliphatic heterocycles. The first-order valence-corrected chi connectivity index (χ1v) is 8.27. The topological polar surface area (TPSA) is 24.4 Å². The van der Waals surface area contributed by atoms with Crippen LogP contribution in [0.3, 0.4) is 0 Å². The van der Waals surface area contributed by atoms with E-state index in [1.165, 1.54) is 41.1 Å². The van der Waals surface area contributed by atoms with E-state index in [9.17, 15) is 0 Å². The number of fused-ring (bicyclic) bond motifs is 1. The van der Waals surface area contributed by atoms with Crippen molar-refractivity contribution in [2.75, 3.05) is 13.1 Å². The maximum atomic E-state index is 6.15. The largest absolute Gasteiger partial charge is 0.313 e. The summed E-state index contributed by atoms with van der Waals surface area (Å²) in [5.74, 6) is 1.17.